The lowest BCUT2D eigenvalue weighted by Crippen LogP contribution is -2.67. The van der Waals surface area contributed by atoms with Crippen molar-refractivity contribution in [1.29, 1.82) is 0 Å². The van der Waals surface area contributed by atoms with Crippen LogP contribution in [0.2, 0.25) is 0 Å². The van der Waals surface area contributed by atoms with Crippen molar-refractivity contribution in [2.24, 2.45) is 0 Å². The topological polar surface area (TPSA) is 195 Å². The van der Waals surface area contributed by atoms with Crippen LogP contribution in [-0.2, 0) is 23.8 Å². The van der Waals surface area contributed by atoms with Crippen LogP contribution in [0.4, 0.5) is 0 Å². The van der Waals surface area contributed by atoms with Crippen LogP contribution in [0.3, 0.4) is 0 Å². The lowest BCUT2D eigenvalue weighted by atomic mass is 9.92. The minimum atomic E-state index is -1.90. The number of aliphatic hydroxyl groups excluding tert-OH is 5. The first-order chi connectivity index (χ1) is 12.6. The molecule has 27 heavy (non-hydrogen) atoms. The molecule has 0 aliphatic carbocycles. The molecule has 2 saturated heterocycles. The van der Waals surface area contributed by atoms with Gasteiger partial charge in [0.1, 0.15) is 36.6 Å². The van der Waals surface area contributed by atoms with Crippen molar-refractivity contribution in [3.05, 3.63) is 0 Å². The fourth-order valence-electron chi connectivity index (χ4n) is 3.20. The summed E-state index contributed by atoms with van der Waals surface area (Å²) < 4.78 is 16.0. The van der Waals surface area contributed by atoms with Gasteiger partial charge in [-0.05, 0) is 6.92 Å². The molecule has 1 amide bonds. The molecule has 156 valence electrons. The Kier molecular flexibility index (Phi) is 7.10. The van der Waals surface area contributed by atoms with Crippen molar-refractivity contribution in [3.63, 3.8) is 0 Å². The average Bonchev–Trinajstić information content (AvgIpc) is 2.60. The molecular formula is C15H25NO11. The van der Waals surface area contributed by atoms with Crippen molar-refractivity contribution in [3.8, 4) is 0 Å². The number of nitrogens with one attached hydrogen (secondary N) is 1. The van der Waals surface area contributed by atoms with Crippen LogP contribution in [0.15, 0.2) is 0 Å². The third kappa shape index (κ3) is 4.55. The normalized spacial score (nSPS) is 45.3. The molecule has 2 heterocycles. The molecule has 4 unspecified atom stereocenters. The number of rotatable bonds is 5. The average molecular weight is 395 g/mol. The Hall–Kier alpha value is -1.38. The van der Waals surface area contributed by atoms with E-state index < -0.39 is 79.6 Å². The van der Waals surface area contributed by atoms with Crippen molar-refractivity contribution >= 4 is 11.9 Å². The SMILES string of the molecule is CC(=O)NC1[C@H](C)OC(CO)[C@@H](O)[C@@H]1O[C@@H]1OC(C(=O)O)[C@@H](O)[C@H](O)C1O. The molecule has 0 saturated carbocycles. The van der Waals surface area contributed by atoms with Gasteiger partial charge in [0, 0.05) is 6.92 Å². The molecule has 12 heteroatoms. The summed E-state index contributed by atoms with van der Waals surface area (Å²) in [6, 6.07) is -0.927. The Labute approximate surface area is 154 Å². The third-order valence-electron chi connectivity index (χ3n) is 4.62. The Morgan fingerprint density at radius 2 is 1.67 bits per heavy atom. The Bertz CT molecular complexity index is 546. The predicted octanol–water partition coefficient (Wildman–Crippen LogP) is -4.09. The molecule has 0 radical (unpaired) electrons. The highest BCUT2D eigenvalue weighted by Gasteiger charge is 2.51. The van der Waals surface area contributed by atoms with Gasteiger partial charge in [-0.2, -0.15) is 0 Å². The molecule has 12 nitrogen and oxygen atoms in total. The summed E-state index contributed by atoms with van der Waals surface area (Å²) in [5.74, 6) is -2.06. The van der Waals surface area contributed by atoms with Gasteiger partial charge in [0.2, 0.25) is 5.91 Å². The van der Waals surface area contributed by atoms with Gasteiger partial charge in [0.15, 0.2) is 12.4 Å². The van der Waals surface area contributed by atoms with E-state index in [0.717, 1.165) is 0 Å². The number of hydrogen-bond acceptors (Lipinski definition) is 10. The zero-order valence-electron chi connectivity index (χ0n) is 14.7. The summed E-state index contributed by atoms with van der Waals surface area (Å²) in [5, 5.41) is 61.0. The van der Waals surface area contributed by atoms with Crippen LogP contribution in [0, 0.1) is 0 Å². The van der Waals surface area contributed by atoms with Crippen LogP contribution < -0.4 is 5.32 Å². The number of carbonyl (C=O) groups excluding carboxylic acids is 1. The zero-order valence-corrected chi connectivity index (χ0v) is 14.7. The van der Waals surface area contributed by atoms with E-state index in [0.29, 0.717) is 0 Å². The molecule has 0 aromatic rings. The van der Waals surface area contributed by atoms with Gasteiger partial charge in [-0.3, -0.25) is 4.79 Å². The van der Waals surface area contributed by atoms with Gasteiger partial charge in [0.25, 0.3) is 0 Å². The van der Waals surface area contributed by atoms with E-state index in [2.05, 4.69) is 5.32 Å². The van der Waals surface area contributed by atoms with Gasteiger partial charge in [-0.25, -0.2) is 4.79 Å². The smallest absolute Gasteiger partial charge is 0.335 e. The van der Waals surface area contributed by atoms with Crippen molar-refractivity contribution < 1.29 is 54.4 Å². The fraction of sp³-hybridized carbons (Fsp3) is 0.867. The van der Waals surface area contributed by atoms with Gasteiger partial charge < -0.3 is 50.2 Å². The second-order valence-electron chi connectivity index (χ2n) is 6.61. The maximum atomic E-state index is 11.5. The second-order valence-corrected chi connectivity index (χ2v) is 6.61. The summed E-state index contributed by atoms with van der Waals surface area (Å²) >= 11 is 0. The summed E-state index contributed by atoms with van der Waals surface area (Å²) in [6.45, 7) is 2.22. The maximum Gasteiger partial charge on any atom is 0.335 e. The molecule has 10 atom stereocenters. The lowest BCUT2D eigenvalue weighted by Gasteiger charge is -2.46. The van der Waals surface area contributed by atoms with E-state index >= 15 is 0 Å². The number of carboxylic acids is 1. The highest BCUT2D eigenvalue weighted by atomic mass is 16.7. The molecule has 2 aliphatic heterocycles. The highest BCUT2D eigenvalue weighted by molar-refractivity contribution is 5.73. The van der Waals surface area contributed by atoms with Crippen molar-refractivity contribution in [1.82, 2.24) is 5.32 Å². The summed E-state index contributed by atoms with van der Waals surface area (Å²) in [6.07, 6.45) is -13.7. The molecule has 2 aliphatic rings. The minimum Gasteiger partial charge on any atom is -0.479 e. The third-order valence-corrected chi connectivity index (χ3v) is 4.62. The van der Waals surface area contributed by atoms with Gasteiger partial charge >= 0.3 is 5.97 Å². The lowest BCUT2D eigenvalue weighted by molar-refractivity contribution is -0.325. The molecule has 0 aromatic heterocycles. The van der Waals surface area contributed by atoms with Crippen LogP contribution in [0.1, 0.15) is 13.8 Å². The van der Waals surface area contributed by atoms with E-state index in [-0.39, 0.29) is 0 Å². The standard InChI is InChI=1S/C15H25NO11/c1-4-7(16-5(2)18)12(8(19)6(3-17)25-4)26-15-11(22)9(20)10(21)13(27-15)14(23)24/h4,6-13,15,17,19-22H,3H2,1-2H3,(H,16,18)(H,23,24)/t4-,6?,7?,8+,9-,10-,11?,12+,13?,15+/m0/s1. The maximum absolute atomic E-state index is 11.5. The van der Waals surface area contributed by atoms with E-state index in [9.17, 15) is 35.1 Å². The first-order valence-electron chi connectivity index (χ1n) is 8.37. The Morgan fingerprint density at radius 1 is 1.04 bits per heavy atom. The van der Waals surface area contributed by atoms with Crippen LogP contribution >= 0.6 is 0 Å². The van der Waals surface area contributed by atoms with Gasteiger partial charge in [-0.15, -0.1) is 0 Å². The molecule has 2 fully saturated rings. The number of carbonyl (C=O) groups is 2. The number of aliphatic carboxylic acids is 1. The second kappa shape index (κ2) is 8.75. The van der Waals surface area contributed by atoms with Crippen molar-refractivity contribution in [2.45, 2.75) is 75.0 Å². The quantitative estimate of drug-likeness (QED) is 0.239. The fourth-order valence-corrected chi connectivity index (χ4v) is 3.20. The number of carboxylic acid groups (broad SMARTS) is 1. The van der Waals surface area contributed by atoms with E-state index in [1.54, 1.807) is 6.92 Å². The molecular weight excluding hydrogens is 370 g/mol. The molecule has 7 N–H and O–H groups in total. The molecule has 0 bridgehead atoms. The van der Waals surface area contributed by atoms with E-state index in [1.807, 2.05) is 0 Å². The number of amides is 1. The summed E-state index contributed by atoms with van der Waals surface area (Å²) in [7, 11) is 0. The van der Waals surface area contributed by atoms with E-state index in [1.165, 1.54) is 6.92 Å². The van der Waals surface area contributed by atoms with Crippen LogP contribution in [-0.4, -0.2) is 110 Å². The van der Waals surface area contributed by atoms with Crippen molar-refractivity contribution in [2.75, 3.05) is 6.61 Å². The first kappa shape index (κ1) is 21.9. The number of ether oxygens (including phenoxy) is 3. The van der Waals surface area contributed by atoms with Gasteiger partial charge in [-0.1, -0.05) is 0 Å². The zero-order chi connectivity index (χ0) is 20.5. The summed E-state index contributed by atoms with van der Waals surface area (Å²) in [5.41, 5.74) is 0. The number of aliphatic hydroxyl groups is 5. The minimum absolute atomic E-state index is 0.470. The number of hydrogen-bond donors (Lipinski definition) is 7. The van der Waals surface area contributed by atoms with E-state index in [4.69, 9.17) is 19.3 Å². The molecule has 0 spiro atoms. The molecule has 2 rings (SSSR count). The van der Waals surface area contributed by atoms with Crippen LogP contribution in [0.25, 0.3) is 0 Å². The monoisotopic (exact) mass is 395 g/mol. The predicted molar refractivity (Wildman–Crippen MR) is 84.2 cm³/mol. The Morgan fingerprint density at radius 3 is 2.19 bits per heavy atom. The van der Waals surface area contributed by atoms with Crippen LogP contribution in [0.5, 0.6) is 0 Å². The Balaban J connectivity index is 2.25. The molecule has 0 aromatic carbocycles. The highest BCUT2D eigenvalue weighted by Crippen LogP contribution is 2.29. The van der Waals surface area contributed by atoms with Gasteiger partial charge in [0.05, 0.1) is 18.8 Å². The first-order valence-corrected chi connectivity index (χ1v) is 8.37. The summed E-state index contributed by atoms with van der Waals surface area (Å²) in [4.78, 5) is 22.7. The largest absolute Gasteiger partial charge is 0.479 e.